The lowest BCUT2D eigenvalue weighted by Gasteiger charge is -2.20. The van der Waals surface area contributed by atoms with Crippen LogP contribution in [0.15, 0.2) is 22.8 Å². The van der Waals surface area contributed by atoms with E-state index in [-0.39, 0.29) is 5.56 Å². The van der Waals surface area contributed by atoms with E-state index >= 15 is 0 Å². The lowest BCUT2D eigenvalue weighted by Crippen LogP contribution is -2.26. The molecule has 0 spiro atoms. The van der Waals surface area contributed by atoms with E-state index in [0.29, 0.717) is 16.8 Å². The molecule has 2 rings (SSSR count). The van der Waals surface area contributed by atoms with Crippen molar-refractivity contribution in [2.75, 3.05) is 6.54 Å². The Morgan fingerprint density at radius 3 is 2.75 bits per heavy atom. The zero-order valence-electron chi connectivity index (χ0n) is 11.2. The van der Waals surface area contributed by atoms with Crippen LogP contribution in [0.5, 0.6) is 0 Å². The lowest BCUT2D eigenvalue weighted by atomic mass is 10.0. The van der Waals surface area contributed by atoms with Crippen molar-refractivity contribution in [3.63, 3.8) is 0 Å². The summed E-state index contributed by atoms with van der Waals surface area (Å²) in [6.07, 6.45) is 0.871. The Morgan fingerprint density at radius 2 is 2.15 bits per heavy atom. The summed E-state index contributed by atoms with van der Waals surface area (Å²) in [6.45, 7) is 2.67. The van der Waals surface area contributed by atoms with E-state index in [1.54, 1.807) is 11.7 Å². The molecule has 108 valence electrons. The van der Waals surface area contributed by atoms with Crippen molar-refractivity contribution >= 4 is 15.9 Å². The largest absolute Gasteiger partial charge is 0.305 e. The van der Waals surface area contributed by atoms with Crippen LogP contribution in [-0.4, -0.2) is 21.5 Å². The average Bonchev–Trinajstić information content (AvgIpc) is 2.74. The van der Waals surface area contributed by atoms with E-state index < -0.39 is 17.7 Å². The van der Waals surface area contributed by atoms with Gasteiger partial charge in [-0.05, 0) is 47.1 Å². The van der Waals surface area contributed by atoms with E-state index in [9.17, 15) is 8.78 Å². The Hall–Kier alpha value is -1.34. The molecular formula is C13H15BrF2N4. The first-order valence-corrected chi connectivity index (χ1v) is 7.07. The average molecular weight is 345 g/mol. The number of hydrogen-bond donors (Lipinski definition) is 1. The van der Waals surface area contributed by atoms with Gasteiger partial charge in [0.15, 0.2) is 4.60 Å². The van der Waals surface area contributed by atoms with Gasteiger partial charge in [0.1, 0.15) is 11.6 Å². The third-order valence-corrected chi connectivity index (χ3v) is 3.53. The molecule has 0 aliphatic rings. The number of benzene rings is 1. The molecule has 2 aromatic rings. The number of aromatic nitrogens is 3. The first-order chi connectivity index (χ1) is 9.54. The minimum Gasteiger partial charge on any atom is -0.305 e. The van der Waals surface area contributed by atoms with E-state index in [0.717, 1.165) is 18.6 Å². The van der Waals surface area contributed by atoms with E-state index in [1.165, 1.54) is 6.07 Å². The highest BCUT2D eigenvalue weighted by molar-refractivity contribution is 9.10. The van der Waals surface area contributed by atoms with Crippen molar-refractivity contribution in [3.8, 4) is 0 Å². The highest BCUT2D eigenvalue weighted by Crippen LogP contribution is 2.28. The molecule has 0 saturated heterocycles. The van der Waals surface area contributed by atoms with E-state index in [2.05, 4.69) is 31.6 Å². The van der Waals surface area contributed by atoms with Crippen LogP contribution in [-0.2, 0) is 7.05 Å². The van der Waals surface area contributed by atoms with Crippen molar-refractivity contribution in [2.45, 2.75) is 19.4 Å². The van der Waals surface area contributed by atoms with Crippen LogP contribution in [0.4, 0.5) is 8.78 Å². The van der Waals surface area contributed by atoms with Crippen molar-refractivity contribution in [1.82, 2.24) is 20.3 Å². The zero-order chi connectivity index (χ0) is 14.7. The van der Waals surface area contributed by atoms with Gasteiger partial charge in [-0.15, -0.1) is 5.10 Å². The molecule has 1 aromatic heterocycles. The van der Waals surface area contributed by atoms with Crippen LogP contribution in [0.2, 0.25) is 0 Å². The maximum atomic E-state index is 14.0. The van der Waals surface area contributed by atoms with Crippen molar-refractivity contribution in [1.29, 1.82) is 0 Å². The fraction of sp³-hybridized carbons (Fsp3) is 0.385. The van der Waals surface area contributed by atoms with Crippen LogP contribution >= 0.6 is 15.9 Å². The zero-order valence-corrected chi connectivity index (χ0v) is 12.8. The molecule has 0 fully saturated rings. The standard InChI is InChI=1S/C13H15BrF2N4/c1-3-6-17-11(12-13(14)18-19-20(12)2)9-7-8(15)4-5-10(9)16/h4-5,7,11,17H,3,6H2,1-2H3. The van der Waals surface area contributed by atoms with E-state index in [1.807, 2.05) is 6.92 Å². The summed E-state index contributed by atoms with van der Waals surface area (Å²) in [5.41, 5.74) is 0.896. The highest BCUT2D eigenvalue weighted by atomic mass is 79.9. The molecule has 0 bridgehead atoms. The normalized spacial score (nSPS) is 12.7. The second kappa shape index (κ2) is 6.41. The minimum absolute atomic E-state index is 0.240. The summed E-state index contributed by atoms with van der Waals surface area (Å²) in [6, 6.07) is 2.91. The number of halogens is 3. The second-order valence-corrected chi connectivity index (χ2v) is 5.19. The molecule has 0 radical (unpaired) electrons. The molecule has 0 aliphatic heterocycles. The minimum atomic E-state index is -0.514. The van der Waals surface area contributed by atoms with E-state index in [4.69, 9.17) is 0 Å². The van der Waals surface area contributed by atoms with Gasteiger partial charge in [-0.3, -0.25) is 0 Å². The lowest BCUT2D eigenvalue weighted by molar-refractivity contribution is 0.510. The van der Waals surface area contributed by atoms with Crippen LogP contribution < -0.4 is 5.32 Å². The van der Waals surface area contributed by atoms with Crippen LogP contribution in [0.3, 0.4) is 0 Å². The fourth-order valence-electron chi connectivity index (χ4n) is 2.02. The molecule has 7 heteroatoms. The quantitative estimate of drug-likeness (QED) is 0.906. The summed E-state index contributed by atoms with van der Waals surface area (Å²) in [7, 11) is 1.71. The smallest absolute Gasteiger partial charge is 0.153 e. The fourth-order valence-corrected chi connectivity index (χ4v) is 2.58. The van der Waals surface area contributed by atoms with Gasteiger partial charge in [0, 0.05) is 12.6 Å². The number of nitrogens with one attached hydrogen (secondary N) is 1. The molecule has 20 heavy (non-hydrogen) atoms. The van der Waals surface area contributed by atoms with Crippen molar-refractivity contribution < 1.29 is 8.78 Å². The molecule has 0 aliphatic carbocycles. The summed E-state index contributed by atoms with van der Waals surface area (Å²) in [5, 5.41) is 11.0. The summed E-state index contributed by atoms with van der Waals surface area (Å²) in [4.78, 5) is 0. The Labute approximate surface area is 124 Å². The monoisotopic (exact) mass is 344 g/mol. The maximum Gasteiger partial charge on any atom is 0.153 e. The molecule has 0 saturated carbocycles. The number of hydrogen-bond acceptors (Lipinski definition) is 3. The molecule has 1 unspecified atom stereocenters. The maximum absolute atomic E-state index is 14.0. The predicted molar refractivity (Wildman–Crippen MR) is 75.2 cm³/mol. The Kier molecular flexibility index (Phi) is 4.82. The topological polar surface area (TPSA) is 42.7 Å². The van der Waals surface area contributed by atoms with Crippen molar-refractivity contribution in [3.05, 3.63) is 45.7 Å². The number of aryl methyl sites for hydroxylation is 1. The van der Waals surface area contributed by atoms with Gasteiger partial charge in [0.05, 0.1) is 11.7 Å². The van der Waals surface area contributed by atoms with Crippen LogP contribution in [0.25, 0.3) is 0 Å². The molecule has 0 amide bonds. The summed E-state index contributed by atoms with van der Waals surface area (Å²) in [5.74, 6) is -0.941. The summed E-state index contributed by atoms with van der Waals surface area (Å²) >= 11 is 3.30. The molecule has 1 atom stereocenters. The van der Waals surface area contributed by atoms with Crippen molar-refractivity contribution in [2.24, 2.45) is 7.05 Å². The van der Waals surface area contributed by atoms with Gasteiger partial charge in [-0.25, -0.2) is 13.5 Å². The first-order valence-electron chi connectivity index (χ1n) is 6.28. The third-order valence-electron chi connectivity index (χ3n) is 2.97. The van der Waals surface area contributed by atoms with Gasteiger partial charge in [0.2, 0.25) is 0 Å². The van der Waals surface area contributed by atoms with Crippen LogP contribution in [0.1, 0.15) is 30.6 Å². The summed E-state index contributed by atoms with van der Waals surface area (Å²) < 4.78 is 29.5. The van der Waals surface area contributed by atoms with Gasteiger partial charge >= 0.3 is 0 Å². The SMILES string of the molecule is CCCNC(c1cc(F)ccc1F)c1c(Br)nnn1C. The van der Waals surface area contributed by atoms with Gasteiger partial charge < -0.3 is 5.32 Å². The number of rotatable bonds is 5. The van der Waals surface area contributed by atoms with Crippen LogP contribution in [0, 0.1) is 11.6 Å². The Bertz CT molecular complexity index is 581. The molecule has 1 heterocycles. The molecule has 1 N–H and O–H groups in total. The predicted octanol–water partition coefficient (Wildman–Crippen LogP) is 2.94. The Morgan fingerprint density at radius 1 is 1.40 bits per heavy atom. The Balaban J connectivity index is 2.50. The second-order valence-electron chi connectivity index (χ2n) is 4.44. The van der Waals surface area contributed by atoms with Gasteiger partial charge in [-0.2, -0.15) is 0 Å². The third kappa shape index (κ3) is 3.04. The molecule has 1 aromatic carbocycles. The molecule has 4 nitrogen and oxygen atoms in total. The van der Waals surface area contributed by atoms with Gasteiger partial charge in [0.25, 0.3) is 0 Å². The highest BCUT2D eigenvalue weighted by Gasteiger charge is 2.24. The number of nitrogens with zero attached hydrogens (tertiary/aromatic N) is 3. The first kappa shape index (κ1) is 15.1. The van der Waals surface area contributed by atoms with Gasteiger partial charge in [-0.1, -0.05) is 12.1 Å². The molecular weight excluding hydrogens is 330 g/mol.